The topological polar surface area (TPSA) is 128 Å². The summed E-state index contributed by atoms with van der Waals surface area (Å²) in [6.07, 6.45) is 2.87. The molecule has 0 aliphatic carbocycles. The third kappa shape index (κ3) is 2.76. The number of anilines is 1. The van der Waals surface area contributed by atoms with Crippen molar-refractivity contribution < 1.29 is 8.42 Å². The Labute approximate surface area is 116 Å². The highest BCUT2D eigenvalue weighted by Crippen LogP contribution is 2.19. The second-order valence-electron chi connectivity index (χ2n) is 4.14. The van der Waals surface area contributed by atoms with E-state index in [0.29, 0.717) is 5.82 Å². The zero-order valence-corrected chi connectivity index (χ0v) is 11.8. The Hall–Kier alpha value is -2.04. The van der Waals surface area contributed by atoms with E-state index in [-0.39, 0.29) is 10.7 Å². The number of nitrogens with one attached hydrogen (secondary N) is 2. The molecule has 1 unspecified atom stereocenters. The van der Waals surface area contributed by atoms with E-state index in [9.17, 15) is 8.42 Å². The van der Waals surface area contributed by atoms with E-state index in [1.807, 2.05) is 0 Å². The van der Waals surface area contributed by atoms with Gasteiger partial charge in [0.1, 0.15) is 12.2 Å². The molecular formula is C10H15N7O2S. The van der Waals surface area contributed by atoms with Gasteiger partial charge in [0, 0.05) is 13.2 Å². The predicted molar refractivity (Wildman–Crippen MR) is 71.8 cm³/mol. The maximum atomic E-state index is 12.3. The Morgan fingerprint density at radius 2 is 2.20 bits per heavy atom. The van der Waals surface area contributed by atoms with Crippen LogP contribution in [0.1, 0.15) is 18.8 Å². The fraction of sp³-hybridized carbons (Fsp3) is 0.300. The van der Waals surface area contributed by atoms with Gasteiger partial charge in [-0.1, -0.05) is 0 Å². The second kappa shape index (κ2) is 5.53. The minimum Gasteiger partial charge on any atom is -0.321 e. The monoisotopic (exact) mass is 297 g/mol. The summed E-state index contributed by atoms with van der Waals surface area (Å²) in [5.74, 6) is 5.78. The van der Waals surface area contributed by atoms with Gasteiger partial charge in [-0.05, 0) is 19.1 Å². The first kappa shape index (κ1) is 14.4. The van der Waals surface area contributed by atoms with Crippen molar-refractivity contribution in [1.29, 1.82) is 0 Å². The van der Waals surface area contributed by atoms with Gasteiger partial charge in [0.05, 0.1) is 11.7 Å². The van der Waals surface area contributed by atoms with Gasteiger partial charge >= 0.3 is 0 Å². The van der Waals surface area contributed by atoms with Gasteiger partial charge < -0.3 is 9.99 Å². The third-order valence-electron chi connectivity index (χ3n) is 2.65. The fourth-order valence-corrected chi connectivity index (χ4v) is 3.04. The van der Waals surface area contributed by atoms with Crippen molar-refractivity contribution in [2.45, 2.75) is 18.0 Å². The lowest BCUT2D eigenvalue weighted by atomic mass is 10.3. The molecule has 0 spiro atoms. The van der Waals surface area contributed by atoms with Crippen LogP contribution in [0.3, 0.4) is 0 Å². The molecule has 2 aromatic rings. The van der Waals surface area contributed by atoms with E-state index in [2.05, 4.69) is 25.3 Å². The molecule has 2 rings (SSSR count). The van der Waals surface area contributed by atoms with Gasteiger partial charge in [0.15, 0.2) is 5.03 Å². The summed E-state index contributed by atoms with van der Waals surface area (Å²) >= 11 is 0. The number of hydrogen-bond donors (Lipinski definition) is 3. The van der Waals surface area contributed by atoms with Crippen LogP contribution >= 0.6 is 0 Å². The number of aromatic nitrogens is 4. The number of pyridine rings is 1. The van der Waals surface area contributed by atoms with Crippen molar-refractivity contribution in [3.63, 3.8) is 0 Å². The third-order valence-corrected chi connectivity index (χ3v) is 4.15. The van der Waals surface area contributed by atoms with Crippen LogP contribution in [0.2, 0.25) is 0 Å². The Bertz CT molecular complexity index is 697. The molecule has 108 valence electrons. The highest BCUT2D eigenvalue weighted by atomic mass is 32.2. The molecule has 9 nitrogen and oxygen atoms in total. The molecule has 2 heterocycles. The average Bonchev–Trinajstić information content (AvgIpc) is 2.84. The largest absolute Gasteiger partial charge is 0.321 e. The maximum Gasteiger partial charge on any atom is 0.260 e. The van der Waals surface area contributed by atoms with Crippen LogP contribution < -0.4 is 16.0 Å². The minimum atomic E-state index is -3.83. The maximum absolute atomic E-state index is 12.3. The summed E-state index contributed by atoms with van der Waals surface area (Å²) in [5, 5.41) is 7.40. The number of nitrogen functional groups attached to an aromatic ring is 1. The summed E-state index contributed by atoms with van der Waals surface area (Å²) < 4.78 is 28.7. The molecule has 0 fully saturated rings. The summed E-state index contributed by atoms with van der Waals surface area (Å²) in [4.78, 5) is 3.84. The number of nitrogens with zero attached hydrogens (tertiary/aromatic N) is 4. The molecule has 0 aromatic carbocycles. The lowest BCUT2D eigenvalue weighted by Gasteiger charge is -2.14. The first-order valence-corrected chi connectivity index (χ1v) is 7.22. The quantitative estimate of drug-likeness (QED) is 0.503. The van der Waals surface area contributed by atoms with Gasteiger partial charge in [-0.25, -0.2) is 13.4 Å². The van der Waals surface area contributed by atoms with Crippen molar-refractivity contribution in [2.24, 2.45) is 12.9 Å². The SMILES string of the molecule is CC(NS(=O)(=O)c1ncccc1NN)c1nncn1C. The summed E-state index contributed by atoms with van der Waals surface area (Å²) in [6, 6.07) is 2.55. The van der Waals surface area contributed by atoms with Gasteiger partial charge in [-0.3, -0.25) is 5.84 Å². The van der Waals surface area contributed by atoms with Crippen LogP contribution in [-0.2, 0) is 17.1 Å². The summed E-state index contributed by atoms with van der Waals surface area (Å²) in [5.41, 5.74) is 2.52. The zero-order chi connectivity index (χ0) is 14.8. The van der Waals surface area contributed by atoms with E-state index in [4.69, 9.17) is 5.84 Å². The van der Waals surface area contributed by atoms with E-state index in [0.717, 1.165) is 0 Å². The fourth-order valence-electron chi connectivity index (χ4n) is 1.74. The molecular weight excluding hydrogens is 282 g/mol. The normalized spacial score (nSPS) is 13.2. The highest BCUT2D eigenvalue weighted by Gasteiger charge is 2.24. The van der Waals surface area contributed by atoms with Crippen molar-refractivity contribution in [2.75, 3.05) is 5.43 Å². The molecule has 0 aliphatic rings. The van der Waals surface area contributed by atoms with Crippen LogP contribution in [0.5, 0.6) is 0 Å². The van der Waals surface area contributed by atoms with Crippen molar-refractivity contribution in [3.8, 4) is 0 Å². The number of hydrazine groups is 1. The lowest BCUT2D eigenvalue weighted by Crippen LogP contribution is -2.30. The smallest absolute Gasteiger partial charge is 0.260 e. The van der Waals surface area contributed by atoms with E-state index in [1.165, 1.54) is 18.6 Å². The standard InChI is InChI=1S/C10H15N7O2S/c1-7(9-15-13-6-17(9)2)16-20(18,19)10-8(14-11)4-3-5-12-10/h3-7,14,16H,11H2,1-2H3. The van der Waals surface area contributed by atoms with Crippen molar-refractivity contribution in [3.05, 3.63) is 30.5 Å². The van der Waals surface area contributed by atoms with E-state index < -0.39 is 16.1 Å². The first-order chi connectivity index (χ1) is 9.45. The number of hydrogen-bond acceptors (Lipinski definition) is 7. The van der Waals surface area contributed by atoms with Crippen LogP contribution in [0.25, 0.3) is 0 Å². The molecule has 0 saturated carbocycles. The Morgan fingerprint density at radius 3 is 2.80 bits per heavy atom. The molecule has 0 saturated heterocycles. The minimum absolute atomic E-state index is 0.170. The van der Waals surface area contributed by atoms with Crippen LogP contribution in [0, 0.1) is 0 Å². The highest BCUT2D eigenvalue weighted by molar-refractivity contribution is 7.89. The van der Waals surface area contributed by atoms with Crippen molar-refractivity contribution in [1.82, 2.24) is 24.5 Å². The number of nitrogens with two attached hydrogens (primary N) is 1. The lowest BCUT2D eigenvalue weighted by molar-refractivity contribution is 0.550. The van der Waals surface area contributed by atoms with Crippen LogP contribution in [0.15, 0.2) is 29.7 Å². The second-order valence-corrected chi connectivity index (χ2v) is 5.77. The Morgan fingerprint density at radius 1 is 1.45 bits per heavy atom. The molecule has 4 N–H and O–H groups in total. The van der Waals surface area contributed by atoms with Gasteiger partial charge in [0.2, 0.25) is 0 Å². The van der Waals surface area contributed by atoms with Gasteiger partial charge in [-0.15, -0.1) is 10.2 Å². The molecule has 0 amide bonds. The molecule has 1 atom stereocenters. The molecule has 0 radical (unpaired) electrons. The van der Waals surface area contributed by atoms with E-state index in [1.54, 1.807) is 24.6 Å². The molecule has 0 aliphatic heterocycles. The van der Waals surface area contributed by atoms with Crippen LogP contribution in [0.4, 0.5) is 5.69 Å². The number of aryl methyl sites for hydroxylation is 1. The Balaban J connectivity index is 2.30. The summed E-state index contributed by atoms with van der Waals surface area (Å²) in [7, 11) is -2.10. The van der Waals surface area contributed by atoms with Crippen LogP contribution in [-0.4, -0.2) is 28.2 Å². The number of rotatable bonds is 5. The molecule has 0 bridgehead atoms. The Kier molecular flexibility index (Phi) is 3.97. The van der Waals surface area contributed by atoms with Gasteiger partial charge in [0.25, 0.3) is 10.0 Å². The first-order valence-electron chi connectivity index (χ1n) is 5.73. The van der Waals surface area contributed by atoms with Gasteiger partial charge in [-0.2, -0.15) is 4.72 Å². The zero-order valence-electron chi connectivity index (χ0n) is 11.0. The van der Waals surface area contributed by atoms with Crippen molar-refractivity contribution >= 4 is 15.7 Å². The number of sulfonamides is 1. The van der Waals surface area contributed by atoms with E-state index >= 15 is 0 Å². The predicted octanol–water partition coefficient (Wildman–Crippen LogP) is -0.465. The molecule has 2 aromatic heterocycles. The molecule has 10 heteroatoms. The molecule has 20 heavy (non-hydrogen) atoms. The average molecular weight is 297 g/mol. The summed E-state index contributed by atoms with van der Waals surface area (Å²) in [6.45, 7) is 1.67.